The molecule has 0 spiro atoms. The van der Waals surface area contributed by atoms with E-state index in [1.807, 2.05) is 0 Å². The first-order valence-electron chi connectivity index (χ1n) is 8.27. The fourth-order valence-electron chi connectivity index (χ4n) is 3.81. The van der Waals surface area contributed by atoms with Gasteiger partial charge in [-0.15, -0.1) is 0 Å². The summed E-state index contributed by atoms with van der Waals surface area (Å²) in [5.74, 6) is 0.895. The molecule has 112 valence electrons. The molecule has 2 aliphatic rings. The summed E-state index contributed by atoms with van der Waals surface area (Å²) in [6, 6.07) is 1.30. The van der Waals surface area contributed by atoms with E-state index in [9.17, 15) is 0 Å². The molecule has 19 heavy (non-hydrogen) atoms. The Bertz CT molecular complexity index is 253. The molecule has 1 heterocycles. The summed E-state index contributed by atoms with van der Waals surface area (Å²) < 4.78 is 5.71. The smallest absolute Gasteiger partial charge is 0.0702 e. The number of nitrogens with one attached hydrogen (secondary N) is 1. The fraction of sp³-hybridized carbons (Fsp3) is 1.00. The molecular formula is C16H32N2O. The fourth-order valence-corrected chi connectivity index (χ4v) is 3.81. The third kappa shape index (κ3) is 4.17. The van der Waals surface area contributed by atoms with Crippen LogP contribution in [0.2, 0.25) is 0 Å². The van der Waals surface area contributed by atoms with Gasteiger partial charge in [0, 0.05) is 25.2 Å². The van der Waals surface area contributed by atoms with Crippen molar-refractivity contribution in [1.82, 2.24) is 10.2 Å². The molecule has 3 atom stereocenters. The average Bonchev–Trinajstić information content (AvgIpc) is 3.05. The normalized spacial score (nSPS) is 30.3. The molecule has 0 amide bonds. The molecular weight excluding hydrogens is 236 g/mol. The van der Waals surface area contributed by atoms with Crippen LogP contribution >= 0.6 is 0 Å². The van der Waals surface area contributed by atoms with Crippen LogP contribution in [0.3, 0.4) is 0 Å². The zero-order chi connectivity index (χ0) is 13.7. The monoisotopic (exact) mass is 268 g/mol. The predicted molar refractivity (Wildman–Crippen MR) is 80.5 cm³/mol. The van der Waals surface area contributed by atoms with Gasteiger partial charge in [0.1, 0.15) is 0 Å². The highest BCUT2D eigenvalue weighted by molar-refractivity contribution is 4.87. The SMILES string of the molecule is CCCNC(CN(C)C1CCOC1C)C1CCCC1. The Morgan fingerprint density at radius 1 is 1.26 bits per heavy atom. The average molecular weight is 268 g/mol. The Balaban J connectivity index is 1.86. The summed E-state index contributed by atoms with van der Waals surface area (Å²) in [7, 11) is 2.28. The number of likely N-dealkylation sites (N-methyl/N-ethyl adjacent to an activating group) is 1. The minimum Gasteiger partial charge on any atom is -0.377 e. The van der Waals surface area contributed by atoms with Crippen molar-refractivity contribution in [2.45, 2.75) is 70.6 Å². The standard InChI is InChI=1S/C16H32N2O/c1-4-10-17-15(14-7-5-6-8-14)12-18(3)16-9-11-19-13(16)2/h13-17H,4-12H2,1-3H3. The van der Waals surface area contributed by atoms with Gasteiger partial charge >= 0.3 is 0 Å². The number of rotatable bonds is 7. The lowest BCUT2D eigenvalue weighted by Gasteiger charge is -2.33. The first-order chi connectivity index (χ1) is 9.22. The third-order valence-electron chi connectivity index (χ3n) is 5.01. The second-order valence-electron chi connectivity index (χ2n) is 6.48. The van der Waals surface area contributed by atoms with Crippen molar-refractivity contribution in [3.63, 3.8) is 0 Å². The maximum Gasteiger partial charge on any atom is 0.0702 e. The molecule has 0 bridgehead atoms. The van der Waals surface area contributed by atoms with Crippen LogP contribution in [0.25, 0.3) is 0 Å². The Kier molecular flexibility index (Phi) is 6.11. The van der Waals surface area contributed by atoms with Gasteiger partial charge in [-0.05, 0) is 52.1 Å². The van der Waals surface area contributed by atoms with Gasteiger partial charge in [0.25, 0.3) is 0 Å². The summed E-state index contributed by atoms with van der Waals surface area (Å²) in [5, 5.41) is 3.80. The van der Waals surface area contributed by atoms with Crippen LogP contribution in [0, 0.1) is 5.92 Å². The second-order valence-corrected chi connectivity index (χ2v) is 6.48. The molecule has 1 aliphatic carbocycles. The first-order valence-corrected chi connectivity index (χ1v) is 8.27. The molecule has 2 fully saturated rings. The van der Waals surface area contributed by atoms with Crippen LogP contribution in [-0.2, 0) is 4.74 Å². The van der Waals surface area contributed by atoms with Gasteiger partial charge in [0.2, 0.25) is 0 Å². The van der Waals surface area contributed by atoms with Crippen molar-refractivity contribution in [2.24, 2.45) is 5.92 Å². The Hall–Kier alpha value is -0.120. The van der Waals surface area contributed by atoms with E-state index in [2.05, 4.69) is 31.1 Å². The van der Waals surface area contributed by atoms with E-state index in [1.54, 1.807) is 0 Å². The summed E-state index contributed by atoms with van der Waals surface area (Å²) in [4.78, 5) is 2.54. The largest absolute Gasteiger partial charge is 0.377 e. The van der Waals surface area contributed by atoms with E-state index in [0.29, 0.717) is 18.2 Å². The Morgan fingerprint density at radius 2 is 2.00 bits per heavy atom. The van der Waals surface area contributed by atoms with Crippen molar-refractivity contribution >= 4 is 0 Å². The Labute approximate surface area is 119 Å². The highest BCUT2D eigenvalue weighted by atomic mass is 16.5. The van der Waals surface area contributed by atoms with E-state index in [0.717, 1.165) is 19.1 Å². The minimum absolute atomic E-state index is 0.403. The van der Waals surface area contributed by atoms with Crippen molar-refractivity contribution < 1.29 is 4.74 Å². The molecule has 1 saturated heterocycles. The maximum absolute atomic E-state index is 5.71. The third-order valence-corrected chi connectivity index (χ3v) is 5.01. The molecule has 3 heteroatoms. The van der Waals surface area contributed by atoms with Gasteiger partial charge in [-0.1, -0.05) is 19.8 Å². The van der Waals surface area contributed by atoms with Crippen LogP contribution in [0.5, 0.6) is 0 Å². The van der Waals surface area contributed by atoms with Gasteiger partial charge in [-0.25, -0.2) is 0 Å². The lowest BCUT2D eigenvalue weighted by atomic mass is 9.96. The van der Waals surface area contributed by atoms with Gasteiger partial charge in [0.05, 0.1) is 6.10 Å². The molecule has 3 nitrogen and oxygen atoms in total. The number of nitrogens with zero attached hydrogens (tertiary/aromatic N) is 1. The first kappa shape index (κ1) is 15.3. The lowest BCUT2D eigenvalue weighted by Crippen LogP contribution is -2.48. The summed E-state index contributed by atoms with van der Waals surface area (Å²) in [5.41, 5.74) is 0. The quantitative estimate of drug-likeness (QED) is 0.768. The van der Waals surface area contributed by atoms with E-state index < -0.39 is 0 Å². The van der Waals surface area contributed by atoms with Crippen LogP contribution < -0.4 is 5.32 Å². The van der Waals surface area contributed by atoms with Crippen LogP contribution in [0.15, 0.2) is 0 Å². The van der Waals surface area contributed by atoms with Crippen molar-refractivity contribution in [3.05, 3.63) is 0 Å². The predicted octanol–water partition coefficient (Wildman–Crippen LogP) is 2.65. The molecule has 0 aromatic rings. The Morgan fingerprint density at radius 3 is 2.58 bits per heavy atom. The molecule has 3 unspecified atom stereocenters. The minimum atomic E-state index is 0.403. The van der Waals surface area contributed by atoms with E-state index in [1.165, 1.54) is 45.1 Å². The van der Waals surface area contributed by atoms with Crippen LogP contribution in [-0.4, -0.2) is 49.8 Å². The van der Waals surface area contributed by atoms with Crippen molar-refractivity contribution in [3.8, 4) is 0 Å². The molecule has 1 N–H and O–H groups in total. The molecule has 1 saturated carbocycles. The summed E-state index contributed by atoms with van der Waals surface area (Å²) in [6.45, 7) is 7.76. The van der Waals surface area contributed by atoms with Crippen molar-refractivity contribution in [2.75, 3.05) is 26.7 Å². The van der Waals surface area contributed by atoms with E-state index in [-0.39, 0.29) is 0 Å². The van der Waals surface area contributed by atoms with Gasteiger partial charge in [-0.2, -0.15) is 0 Å². The van der Waals surface area contributed by atoms with Crippen LogP contribution in [0.4, 0.5) is 0 Å². The molecule has 0 radical (unpaired) electrons. The van der Waals surface area contributed by atoms with Crippen molar-refractivity contribution in [1.29, 1.82) is 0 Å². The summed E-state index contributed by atoms with van der Waals surface area (Å²) in [6.07, 6.45) is 8.54. The number of hydrogen-bond acceptors (Lipinski definition) is 3. The molecule has 0 aromatic carbocycles. The van der Waals surface area contributed by atoms with E-state index in [4.69, 9.17) is 4.74 Å². The summed E-state index contributed by atoms with van der Waals surface area (Å²) >= 11 is 0. The van der Waals surface area contributed by atoms with E-state index >= 15 is 0 Å². The zero-order valence-electron chi connectivity index (χ0n) is 13.0. The highest BCUT2D eigenvalue weighted by Crippen LogP contribution is 2.29. The number of ether oxygens (including phenoxy) is 1. The molecule has 2 rings (SSSR count). The maximum atomic E-state index is 5.71. The van der Waals surface area contributed by atoms with Crippen LogP contribution in [0.1, 0.15) is 52.4 Å². The highest BCUT2D eigenvalue weighted by Gasteiger charge is 2.31. The lowest BCUT2D eigenvalue weighted by molar-refractivity contribution is 0.0772. The van der Waals surface area contributed by atoms with Gasteiger partial charge < -0.3 is 10.1 Å². The zero-order valence-corrected chi connectivity index (χ0v) is 13.0. The topological polar surface area (TPSA) is 24.5 Å². The van der Waals surface area contributed by atoms with Gasteiger partial charge in [0.15, 0.2) is 0 Å². The number of hydrogen-bond donors (Lipinski definition) is 1. The molecule has 1 aliphatic heterocycles. The second kappa shape index (κ2) is 7.61. The van der Waals surface area contributed by atoms with Gasteiger partial charge in [-0.3, -0.25) is 4.90 Å². The molecule has 0 aromatic heterocycles.